The highest BCUT2D eigenvalue weighted by molar-refractivity contribution is 5.92. The fourth-order valence-corrected chi connectivity index (χ4v) is 2.59. The molecule has 6 nitrogen and oxygen atoms in total. The molecule has 6 heteroatoms. The maximum Gasteiger partial charge on any atom is 0.344 e. The van der Waals surface area contributed by atoms with Crippen molar-refractivity contribution in [3.63, 3.8) is 0 Å². The van der Waals surface area contributed by atoms with Crippen molar-refractivity contribution in [3.05, 3.63) is 53.6 Å². The highest BCUT2D eigenvalue weighted by Gasteiger charge is 2.10. The standard InChI is InChI=1S/C21H25NO5/c1-14(2)19-10-9-18(11-15(19)3)26-13-21(24)27-12-20(23)22-16-5-7-17(25-4)8-6-16/h5-11,14H,12-13H2,1-4H3,(H,22,23). The fourth-order valence-electron chi connectivity index (χ4n) is 2.59. The summed E-state index contributed by atoms with van der Waals surface area (Å²) in [6, 6.07) is 12.5. The van der Waals surface area contributed by atoms with Crippen molar-refractivity contribution >= 4 is 17.6 Å². The summed E-state index contributed by atoms with van der Waals surface area (Å²) >= 11 is 0. The molecule has 1 amide bonds. The van der Waals surface area contributed by atoms with Crippen LogP contribution in [-0.2, 0) is 14.3 Å². The monoisotopic (exact) mass is 371 g/mol. The lowest BCUT2D eigenvalue weighted by molar-refractivity contribution is -0.149. The molecule has 0 unspecified atom stereocenters. The molecule has 0 aliphatic carbocycles. The number of ether oxygens (including phenoxy) is 3. The second-order valence-electron chi connectivity index (χ2n) is 6.40. The average Bonchev–Trinajstić information content (AvgIpc) is 2.65. The Balaban J connectivity index is 1.75. The molecule has 0 spiro atoms. The van der Waals surface area contributed by atoms with Gasteiger partial charge in [-0.15, -0.1) is 0 Å². The summed E-state index contributed by atoms with van der Waals surface area (Å²) in [5, 5.41) is 2.63. The maximum absolute atomic E-state index is 11.8. The Morgan fingerprint density at radius 2 is 1.67 bits per heavy atom. The molecule has 0 aliphatic heterocycles. The van der Waals surface area contributed by atoms with Crippen LogP contribution in [0.25, 0.3) is 0 Å². The number of nitrogens with one attached hydrogen (secondary N) is 1. The van der Waals surface area contributed by atoms with Crippen LogP contribution in [-0.4, -0.2) is 32.2 Å². The van der Waals surface area contributed by atoms with Gasteiger partial charge in [0.1, 0.15) is 11.5 Å². The van der Waals surface area contributed by atoms with E-state index in [2.05, 4.69) is 19.2 Å². The molecule has 2 aromatic carbocycles. The smallest absolute Gasteiger partial charge is 0.344 e. The van der Waals surface area contributed by atoms with Gasteiger partial charge < -0.3 is 19.5 Å². The molecule has 0 fully saturated rings. The normalized spacial score (nSPS) is 10.4. The molecule has 2 rings (SSSR count). The molecule has 144 valence electrons. The van der Waals surface area contributed by atoms with E-state index >= 15 is 0 Å². The van der Waals surface area contributed by atoms with Crippen LogP contribution >= 0.6 is 0 Å². The number of esters is 1. The Bertz CT molecular complexity index is 784. The number of benzene rings is 2. The molecule has 0 saturated heterocycles. The minimum Gasteiger partial charge on any atom is -0.497 e. The first-order chi connectivity index (χ1) is 12.9. The zero-order chi connectivity index (χ0) is 19.8. The van der Waals surface area contributed by atoms with E-state index in [1.807, 2.05) is 25.1 Å². The van der Waals surface area contributed by atoms with Gasteiger partial charge in [0.2, 0.25) is 0 Å². The molecule has 0 bridgehead atoms. The van der Waals surface area contributed by atoms with Crippen molar-refractivity contribution in [1.82, 2.24) is 0 Å². The first-order valence-corrected chi connectivity index (χ1v) is 8.72. The van der Waals surface area contributed by atoms with Gasteiger partial charge in [0.15, 0.2) is 13.2 Å². The number of aryl methyl sites for hydroxylation is 1. The van der Waals surface area contributed by atoms with E-state index in [1.54, 1.807) is 31.4 Å². The molecule has 0 aromatic heterocycles. The van der Waals surface area contributed by atoms with Crippen molar-refractivity contribution in [2.24, 2.45) is 0 Å². The third kappa shape index (κ3) is 6.33. The summed E-state index contributed by atoms with van der Waals surface area (Å²) in [5.74, 6) is 0.675. The Hall–Kier alpha value is -3.02. The van der Waals surface area contributed by atoms with E-state index in [0.29, 0.717) is 23.1 Å². The minimum absolute atomic E-state index is 0.254. The van der Waals surface area contributed by atoms with Crippen LogP contribution in [0.3, 0.4) is 0 Å². The highest BCUT2D eigenvalue weighted by atomic mass is 16.6. The van der Waals surface area contributed by atoms with Gasteiger partial charge in [-0.3, -0.25) is 4.79 Å². The topological polar surface area (TPSA) is 73.9 Å². The molecule has 1 N–H and O–H groups in total. The van der Waals surface area contributed by atoms with Gasteiger partial charge in [-0.25, -0.2) is 4.79 Å². The Labute approximate surface area is 159 Å². The fraction of sp³-hybridized carbons (Fsp3) is 0.333. The lowest BCUT2D eigenvalue weighted by Crippen LogP contribution is -2.23. The Morgan fingerprint density at radius 3 is 2.26 bits per heavy atom. The average molecular weight is 371 g/mol. The van der Waals surface area contributed by atoms with Gasteiger partial charge in [-0.2, -0.15) is 0 Å². The van der Waals surface area contributed by atoms with E-state index in [1.165, 1.54) is 5.56 Å². The number of hydrogen-bond acceptors (Lipinski definition) is 5. The van der Waals surface area contributed by atoms with Crippen molar-refractivity contribution in [1.29, 1.82) is 0 Å². The Morgan fingerprint density at radius 1 is 1.00 bits per heavy atom. The second-order valence-corrected chi connectivity index (χ2v) is 6.40. The SMILES string of the molecule is COc1ccc(NC(=O)COC(=O)COc2ccc(C(C)C)c(C)c2)cc1. The Kier molecular flexibility index (Phi) is 7.23. The lowest BCUT2D eigenvalue weighted by atomic mass is 9.98. The predicted octanol–water partition coefficient (Wildman–Crippen LogP) is 3.69. The molecule has 0 saturated carbocycles. The summed E-state index contributed by atoms with van der Waals surface area (Å²) < 4.78 is 15.4. The van der Waals surface area contributed by atoms with E-state index in [-0.39, 0.29) is 13.2 Å². The zero-order valence-electron chi connectivity index (χ0n) is 16.1. The predicted molar refractivity (Wildman–Crippen MR) is 103 cm³/mol. The van der Waals surface area contributed by atoms with Gasteiger partial charge >= 0.3 is 5.97 Å². The van der Waals surface area contributed by atoms with Crippen LogP contribution < -0.4 is 14.8 Å². The molecule has 0 heterocycles. The van der Waals surface area contributed by atoms with E-state index in [0.717, 1.165) is 5.56 Å². The van der Waals surface area contributed by atoms with Crippen LogP contribution in [0.1, 0.15) is 30.9 Å². The first-order valence-electron chi connectivity index (χ1n) is 8.72. The van der Waals surface area contributed by atoms with E-state index < -0.39 is 11.9 Å². The van der Waals surface area contributed by atoms with E-state index in [9.17, 15) is 9.59 Å². The molecule has 27 heavy (non-hydrogen) atoms. The number of amides is 1. The third-order valence-corrected chi connectivity index (χ3v) is 3.96. The number of carbonyl (C=O) groups excluding carboxylic acids is 2. The van der Waals surface area contributed by atoms with Gasteiger partial charge in [-0.1, -0.05) is 19.9 Å². The van der Waals surface area contributed by atoms with Crippen molar-refractivity contribution in [2.45, 2.75) is 26.7 Å². The number of rotatable bonds is 8. The van der Waals surface area contributed by atoms with Gasteiger partial charge in [0, 0.05) is 5.69 Å². The molecule has 2 aromatic rings. The third-order valence-electron chi connectivity index (χ3n) is 3.96. The molecular formula is C21H25NO5. The van der Waals surface area contributed by atoms with Gasteiger partial charge in [0.05, 0.1) is 7.11 Å². The van der Waals surface area contributed by atoms with Crippen molar-refractivity contribution < 1.29 is 23.8 Å². The maximum atomic E-state index is 11.8. The van der Waals surface area contributed by atoms with Gasteiger partial charge in [0.25, 0.3) is 5.91 Å². The summed E-state index contributed by atoms with van der Waals surface area (Å²) in [4.78, 5) is 23.6. The number of carbonyl (C=O) groups is 2. The quantitative estimate of drug-likeness (QED) is 0.717. The van der Waals surface area contributed by atoms with E-state index in [4.69, 9.17) is 14.2 Å². The number of methoxy groups -OCH3 is 1. The largest absolute Gasteiger partial charge is 0.497 e. The van der Waals surface area contributed by atoms with Crippen molar-refractivity contribution in [3.8, 4) is 11.5 Å². The molecular weight excluding hydrogens is 346 g/mol. The van der Waals surface area contributed by atoms with Crippen LogP contribution in [0.5, 0.6) is 11.5 Å². The van der Waals surface area contributed by atoms with Crippen LogP contribution in [0.4, 0.5) is 5.69 Å². The lowest BCUT2D eigenvalue weighted by Gasteiger charge is -2.12. The number of anilines is 1. The number of hydrogen-bond donors (Lipinski definition) is 1. The highest BCUT2D eigenvalue weighted by Crippen LogP contribution is 2.23. The first kappa shape index (κ1) is 20.3. The summed E-state index contributed by atoms with van der Waals surface area (Å²) in [6.07, 6.45) is 0. The van der Waals surface area contributed by atoms with Crippen LogP contribution in [0, 0.1) is 6.92 Å². The van der Waals surface area contributed by atoms with Crippen LogP contribution in [0.2, 0.25) is 0 Å². The van der Waals surface area contributed by atoms with Gasteiger partial charge in [-0.05, 0) is 60.4 Å². The summed E-state index contributed by atoms with van der Waals surface area (Å²) in [7, 11) is 1.56. The zero-order valence-corrected chi connectivity index (χ0v) is 16.1. The minimum atomic E-state index is -0.606. The molecule has 0 radical (unpaired) electrons. The van der Waals surface area contributed by atoms with Crippen LogP contribution in [0.15, 0.2) is 42.5 Å². The summed E-state index contributed by atoms with van der Waals surface area (Å²) in [6.45, 7) is 5.62. The summed E-state index contributed by atoms with van der Waals surface area (Å²) in [5.41, 5.74) is 2.93. The second kappa shape index (κ2) is 9.62. The molecule has 0 atom stereocenters. The molecule has 0 aliphatic rings. The van der Waals surface area contributed by atoms with Crippen molar-refractivity contribution in [2.75, 3.05) is 25.6 Å².